The van der Waals surface area contributed by atoms with E-state index in [9.17, 15) is 4.79 Å². The Kier molecular flexibility index (Phi) is 4.88. The second-order valence-electron chi connectivity index (χ2n) is 7.30. The molecule has 0 spiro atoms. The zero-order chi connectivity index (χ0) is 17.9. The molecule has 138 valence electrons. The summed E-state index contributed by atoms with van der Waals surface area (Å²) >= 11 is 0. The molecule has 7 nitrogen and oxygen atoms in total. The molecule has 2 aromatic rings. The zero-order valence-electron chi connectivity index (χ0n) is 15.2. The topological polar surface area (TPSA) is 73.4 Å². The van der Waals surface area contributed by atoms with Crippen LogP contribution in [0.15, 0.2) is 24.4 Å². The van der Waals surface area contributed by atoms with Crippen molar-refractivity contribution < 1.29 is 4.79 Å². The average Bonchev–Trinajstić information content (AvgIpc) is 3.14. The molecule has 1 aliphatic carbocycles. The van der Waals surface area contributed by atoms with Crippen LogP contribution in [0.1, 0.15) is 25.7 Å². The van der Waals surface area contributed by atoms with E-state index in [1.807, 2.05) is 12.3 Å². The number of hydrogen-bond acceptors (Lipinski definition) is 5. The highest BCUT2D eigenvalue weighted by atomic mass is 16.2. The molecule has 0 atom stereocenters. The van der Waals surface area contributed by atoms with E-state index in [2.05, 4.69) is 43.5 Å². The molecule has 2 aromatic heterocycles. The second-order valence-corrected chi connectivity index (χ2v) is 7.30. The van der Waals surface area contributed by atoms with Crippen molar-refractivity contribution in [2.24, 2.45) is 0 Å². The maximum atomic E-state index is 12.2. The van der Waals surface area contributed by atoms with Crippen LogP contribution in [-0.4, -0.2) is 60.2 Å². The number of pyridine rings is 2. The fraction of sp³-hybridized carbons (Fsp3) is 0.526. The lowest BCUT2D eigenvalue weighted by atomic mass is 10.2. The largest absolute Gasteiger partial charge is 0.368 e. The van der Waals surface area contributed by atoms with Crippen LogP contribution < -0.4 is 15.5 Å². The van der Waals surface area contributed by atoms with E-state index >= 15 is 0 Å². The number of hydrogen-bond donors (Lipinski definition) is 2. The van der Waals surface area contributed by atoms with Crippen molar-refractivity contribution in [1.29, 1.82) is 0 Å². The highest BCUT2D eigenvalue weighted by molar-refractivity contribution is 5.90. The molecule has 2 aliphatic rings. The first-order valence-corrected chi connectivity index (χ1v) is 9.45. The van der Waals surface area contributed by atoms with Gasteiger partial charge in [0.25, 0.3) is 0 Å². The number of urea groups is 1. The van der Waals surface area contributed by atoms with Gasteiger partial charge in [-0.2, -0.15) is 0 Å². The summed E-state index contributed by atoms with van der Waals surface area (Å²) in [5.74, 6) is 0.560. The van der Waals surface area contributed by atoms with E-state index < -0.39 is 0 Å². The Hall–Kier alpha value is -2.41. The molecule has 2 fully saturated rings. The Morgan fingerprint density at radius 1 is 1.12 bits per heavy atom. The fourth-order valence-electron chi connectivity index (χ4n) is 3.71. The lowest BCUT2D eigenvalue weighted by Crippen LogP contribution is -2.44. The number of amides is 2. The van der Waals surface area contributed by atoms with E-state index in [-0.39, 0.29) is 6.03 Å². The Morgan fingerprint density at radius 3 is 2.65 bits per heavy atom. The van der Waals surface area contributed by atoms with Gasteiger partial charge in [0.05, 0.1) is 22.9 Å². The molecule has 1 saturated carbocycles. The number of carbonyl (C=O) groups is 1. The first-order chi connectivity index (χ1) is 12.7. The summed E-state index contributed by atoms with van der Waals surface area (Å²) in [5.41, 5.74) is 2.73. The summed E-state index contributed by atoms with van der Waals surface area (Å²) in [5, 5.41) is 5.88. The number of nitrogens with zero attached hydrogens (tertiary/aromatic N) is 4. The van der Waals surface area contributed by atoms with Crippen LogP contribution in [0.25, 0.3) is 11.0 Å². The maximum Gasteiger partial charge on any atom is 0.320 e. The maximum absolute atomic E-state index is 12.2. The van der Waals surface area contributed by atoms with Gasteiger partial charge in [-0.1, -0.05) is 12.8 Å². The van der Waals surface area contributed by atoms with Crippen molar-refractivity contribution in [2.75, 3.05) is 43.4 Å². The number of fused-ring (bicyclic) bond motifs is 1. The SMILES string of the molecule is CN1CCN(c2cnc3ccc(NC(=O)NC4CCCC4)nc3c2)CC1. The van der Waals surface area contributed by atoms with E-state index in [0.717, 1.165) is 55.7 Å². The standard InChI is InChI=1S/C19H26N6O/c1-24-8-10-25(11-9-24)15-12-17-16(20-13-15)6-7-18(22-17)23-19(26)21-14-4-2-3-5-14/h6-7,12-14H,2-5,8-11H2,1H3,(H2,21,22,23,26). The zero-order valence-corrected chi connectivity index (χ0v) is 15.2. The van der Waals surface area contributed by atoms with Gasteiger partial charge in [0.2, 0.25) is 0 Å². The smallest absolute Gasteiger partial charge is 0.320 e. The van der Waals surface area contributed by atoms with Gasteiger partial charge in [-0.05, 0) is 38.1 Å². The van der Waals surface area contributed by atoms with Gasteiger partial charge in [-0.25, -0.2) is 9.78 Å². The molecule has 3 heterocycles. The van der Waals surface area contributed by atoms with Crippen LogP contribution in [0.4, 0.5) is 16.3 Å². The second kappa shape index (κ2) is 7.45. The molecule has 1 aliphatic heterocycles. The molecule has 26 heavy (non-hydrogen) atoms. The first-order valence-electron chi connectivity index (χ1n) is 9.45. The molecule has 1 saturated heterocycles. The third-order valence-corrected chi connectivity index (χ3v) is 5.32. The van der Waals surface area contributed by atoms with Gasteiger partial charge in [-0.3, -0.25) is 10.3 Å². The van der Waals surface area contributed by atoms with Crippen LogP contribution in [0, 0.1) is 0 Å². The predicted octanol–water partition coefficient (Wildman–Crippen LogP) is 2.45. The number of aromatic nitrogens is 2. The molecule has 0 unspecified atom stereocenters. The number of likely N-dealkylation sites (N-methyl/N-ethyl adjacent to an activating group) is 1. The Balaban J connectivity index is 1.47. The lowest BCUT2D eigenvalue weighted by molar-refractivity contribution is 0.248. The summed E-state index contributed by atoms with van der Waals surface area (Å²) in [7, 11) is 2.14. The number of carbonyl (C=O) groups excluding carboxylic acids is 1. The quantitative estimate of drug-likeness (QED) is 0.886. The van der Waals surface area contributed by atoms with E-state index in [1.54, 1.807) is 6.07 Å². The van der Waals surface area contributed by atoms with Crippen molar-refractivity contribution in [3.8, 4) is 0 Å². The summed E-state index contributed by atoms with van der Waals surface area (Å²) in [6.07, 6.45) is 6.43. The van der Waals surface area contributed by atoms with Crippen LogP contribution in [0.2, 0.25) is 0 Å². The van der Waals surface area contributed by atoms with Crippen LogP contribution in [0.3, 0.4) is 0 Å². The molecule has 4 rings (SSSR count). The Morgan fingerprint density at radius 2 is 1.88 bits per heavy atom. The minimum atomic E-state index is -0.174. The fourth-order valence-corrected chi connectivity index (χ4v) is 3.71. The summed E-state index contributed by atoms with van der Waals surface area (Å²) < 4.78 is 0. The highest BCUT2D eigenvalue weighted by Gasteiger charge is 2.18. The number of nitrogens with one attached hydrogen (secondary N) is 2. The summed E-state index contributed by atoms with van der Waals surface area (Å²) in [6.45, 7) is 4.08. The third kappa shape index (κ3) is 3.88. The molecule has 7 heteroatoms. The highest BCUT2D eigenvalue weighted by Crippen LogP contribution is 2.22. The van der Waals surface area contributed by atoms with Crippen molar-refractivity contribution in [1.82, 2.24) is 20.2 Å². The van der Waals surface area contributed by atoms with Crippen LogP contribution in [-0.2, 0) is 0 Å². The predicted molar refractivity (Wildman–Crippen MR) is 104 cm³/mol. The number of anilines is 2. The molecular weight excluding hydrogens is 328 g/mol. The third-order valence-electron chi connectivity index (χ3n) is 5.32. The van der Waals surface area contributed by atoms with Gasteiger partial charge in [-0.15, -0.1) is 0 Å². The van der Waals surface area contributed by atoms with E-state index in [4.69, 9.17) is 0 Å². The Labute approximate surface area is 153 Å². The van der Waals surface area contributed by atoms with Gasteiger partial charge >= 0.3 is 6.03 Å². The van der Waals surface area contributed by atoms with Gasteiger partial charge in [0.1, 0.15) is 5.82 Å². The molecule has 2 N–H and O–H groups in total. The summed E-state index contributed by atoms with van der Waals surface area (Å²) in [6, 6.07) is 5.89. The van der Waals surface area contributed by atoms with Gasteiger partial charge in [0.15, 0.2) is 0 Å². The van der Waals surface area contributed by atoms with Crippen molar-refractivity contribution >= 4 is 28.6 Å². The summed E-state index contributed by atoms with van der Waals surface area (Å²) in [4.78, 5) is 25.9. The molecular formula is C19H26N6O. The van der Waals surface area contributed by atoms with Crippen molar-refractivity contribution in [3.63, 3.8) is 0 Å². The van der Waals surface area contributed by atoms with Crippen molar-refractivity contribution in [2.45, 2.75) is 31.7 Å². The van der Waals surface area contributed by atoms with E-state index in [0.29, 0.717) is 11.9 Å². The van der Waals surface area contributed by atoms with Crippen LogP contribution >= 0.6 is 0 Å². The average molecular weight is 354 g/mol. The van der Waals surface area contributed by atoms with Gasteiger partial charge in [0, 0.05) is 32.2 Å². The number of piperazine rings is 1. The van der Waals surface area contributed by atoms with Crippen molar-refractivity contribution in [3.05, 3.63) is 24.4 Å². The van der Waals surface area contributed by atoms with E-state index in [1.165, 1.54) is 12.8 Å². The van der Waals surface area contributed by atoms with Gasteiger partial charge < -0.3 is 15.1 Å². The minimum Gasteiger partial charge on any atom is -0.368 e. The molecule has 0 radical (unpaired) electrons. The molecule has 2 amide bonds. The number of rotatable bonds is 3. The minimum absolute atomic E-state index is 0.174. The molecule has 0 aromatic carbocycles. The Bertz CT molecular complexity index is 781. The first kappa shape index (κ1) is 17.0. The van der Waals surface area contributed by atoms with Crippen LogP contribution in [0.5, 0.6) is 0 Å². The normalized spacial score (nSPS) is 19.0. The molecule has 0 bridgehead atoms. The monoisotopic (exact) mass is 354 g/mol. The lowest BCUT2D eigenvalue weighted by Gasteiger charge is -2.33.